The van der Waals surface area contributed by atoms with Gasteiger partial charge in [-0.3, -0.25) is 4.79 Å². The van der Waals surface area contributed by atoms with Crippen LogP contribution < -0.4 is 5.32 Å². The zero-order valence-corrected chi connectivity index (χ0v) is 15.3. The summed E-state index contributed by atoms with van der Waals surface area (Å²) in [6.07, 6.45) is 1.46. The van der Waals surface area contributed by atoms with E-state index in [2.05, 4.69) is 20.5 Å². The summed E-state index contributed by atoms with van der Waals surface area (Å²) in [6, 6.07) is 10.3. The Balaban J connectivity index is 1.62. The molecular formula is C16H12Cl2N4O2S. The number of halogens is 2. The summed E-state index contributed by atoms with van der Waals surface area (Å²) < 4.78 is 5.58. The third-order valence-electron chi connectivity index (χ3n) is 3.12. The number of hydrogen-bond donors (Lipinski definition) is 1. The summed E-state index contributed by atoms with van der Waals surface area (Å²) >= 11 is 12.8. The number of anilines is 1. The smallest absolute Gasteiger partial charge is 0.277 e. The lowest BCUT2D eigenvalue weighted by atomic mass is 10.2. The van der Waals surface area contributed by atoms with Gasteiger partial charge in [0.1, 0.15) is 5.82 Å². The quantitative estimate of drug-likeness (QED) is 0.638. The van der Waals surface area contributed by atoms with Gasteiger partial charge in [-0.15, -0.1) is 10.2 Å². The zero-order chi connectivity index (χ0) is 17.8. The van der Waals surface area contributed by atoms with E-state index < -0.39 is 5.25 Å². The minimum atomic E-state index is -0.448. The van der Waals surface area contributed by atoms with Gasteiger partial charge in [-0.25, -0.2) is 4.98 Å². The number of amides is 1. The molecule has 0 saturated carbocycles. The van der Waals surface area contributed by atoms with Crippen LogP contribution in [0.25, 0.3) is 11.5 Å². The molecule has 0 aliphatic rings. The van der Waals surface area contributed by atoms with Gasteiger partial charge in [0.05, 0.1) is 10.3 Å². The molecule has 1 atom stereocenters. The standard InChI is InChI=1S/C16H12Cl2N4O2S/c1-9(14(23)20-13-7-6-12(18)8-19-13)25-16-22-21-15(24-16)10-2-4-11(17)5-3-10/h2-9H,1H3,(H,19,20,23)/t9-/m0/s1. The minimum Gasteiger partial charge on any atom is -0.411 e. The average molecular weight is 395 g/mol. The predicted octanol–water partition coefficient (Wildman–Crippen LogP) is 4.56. The molecule has 1 amide bonds. The van der Waals surface area contributed by atoms with E-state index in [0.29, 0.717) is 27.0 Å². The highest BCUT2D eigenvalue weighted by atomic mass is 35.5. The Morgan fingerprint density at radius 2 is 1.84 bits per heavy atom. The lowest BCUT2D eigenvalue weighted by Crippen LogP contribution is -2.22. The summed E-state index contributed by atoms with van der Waals surface area (Å²) in [4.78, 5) is 16.2. The van der Waals surface area contributed by atoms with Crippen LogP contribution in [-0.2, 0) is 4.79 Å². The van der Waals surface area contributed by atoms with Gasteiger partial charge in [-0.1, -0.05) is 35.0 Å². The topological polar surface area (TPSA) is 80.9 Å². The highest BCUT2D eigenvalue weighted by molar-refractivity contribution is 8.00. The summed E-state index contributed by atoms with van der Waals surface area (Å²) in [5.41, 5.74) is 0.756. The maximum atomic E-state index is 12.2. The molecule has 2 heterocycles. The number of carbonyl (C=O) groups is 1. The lowest BCUT2D eigenvalue weighted by molar-refractivity contribution is -0.115. The van der Waals surface area contributed by atoms with Crippen molar-refractivity contribution in [3.63, 3.8) is 0 Å². The molecule has 2 aromatic heterocycles. The van der Waals surface area contributed by atoms with Crippen LogP contribution in [0.1, 0.15) is 6.92 Å². The summed E-state index contributed by atoms with van der Waals surface area (Å²) in [6.45, 7) is 1.74. The molecular weight excluding hydrogens is 383 g/mol. The van der Waals surface area contributed by atoms with Crippen molar-refractivity contribution in [1.82, 2.24) is 15.2 Å². The molecule has 0 aliphatic carbocycles. The van der Waals surface area contributed by atoms with E-state index in [1.54, 1.807) is 43.3 Å². The Kier molecular flexibility index (Phi) is 5.57. The fraction of sp³-hybridized carbons (Fsp3) is 0.125. The number of carbonyl (C=O) groups excluding carboxylic acids is 1. The van der Waals surface area contributed by atoms with Crippen molar-refractivity contribution in [2.75, 3.05) is 5.32 Å². The lowest BCUT2D eigenvalue weighted by Gasteiger charge is -2.09. The Hall–Kier alpha value is -2.09. The van der Waals surface area contributed by atoms with Crippen molar-refractivity contribution in [3.05, 3.63) is 52.6 Å². The van der Waals surface area contributed by atoms with E-state index >= 15 is 0 Å². The SMILES string of the molecule is C[C@H](Sc1nnc(-c2ccc(Cl)cc2)o1)C(=O)Nc1ccc(Cl)cn1. The van der Waals surface area contributed by atoms with Gasteiger partial charge in [0, 0.05) is 16.8 Å². The molecule has 1 aromatic carbocycles. The third kappa shape index (κ3) is 4.72. The molecule has 128 valence electrons. The van der Waals surface area contributed by atoms with Crippen LogP contribution in [0.5, 0.6) is 0 Å². The maximum absolute atomic E-state index is 12.2. The number of aromatic nitrogens is 3. The van der Waals surface area contributed by atoms with Crippen molar-refractivity contribution < 1.29 is 9.21 Å². The van der Waals surface area contributed by atoms with Gasteiger partial charge in [0.25, 0.3) is 5.22 Å². The van der Waals surface area contributed by atoms with Gasteiger partial charge in [-0.2, -0.15) is 0 Å². The molecule has 9 heteroatoms. The fourth-order valence-electron chi connectivity index (χ4n) is 1.85. The van der Waals surface area contributed by atoms with E-state index in [4.69, 9.17) is 27.6 Å². The first-order chi connectivity index (χ1) is 12.0. The Labute approximate surface area is 158 Å². The van der Waals surface area contributed by atoms with Crippen LogP contribution in [0.3, 0.4) is 0 Å². The van der Waals surface area contributed by atoms with Crippen molar-refractivity contribution in [2.24, 2.45) is 0 Å². The van der Waals surface area contributed by atoms with Crippen LogP contribution in [-0.4, -0.2) is 26.3 Å². The Bertz CT molecular complexity index is 869. The molecule has 0 saturated heterocycles. The first-order valence-corrected chi connectivity index (χ1v) is 8.83. The van der Waals surface area contributed by atoms with E-state index in [-0.39, 0.29) is 5.91 Å². The van der Waals surface area contributed by atoms with Gasteiger partial charge in [0.2, 0.25) is 11.8 Å². The molecule has 0 bridgehead atoms. The molecule has 0 aliphatic heterocycles. The normalized spacial score (nSPS) is 12.0. The number of thioether (sulfide) groups is 1. The highest BCUT2D eigenvalue weighted by Crippen LogP contribution is 2.27. The van der Waals surface area contributed by atoms with E-state index in [9.17, 15) is 4.79 Å². The van der Waals surface area contributed by atoms with Crippen LogP contribution >= 0.6 is 35.0 Å². The Morgan fingerprint density at radius 1 is 1.12 bits per heavy atom. The summed E-state index contributed by atoms with van der Waals surface area (Å²) in [7, 11) is 0. The van der Waals surface area contributed by atoms with Crippen molar-refractivity contribution in [1.29, 1.82) is 0 Å². The first-order valence-electron chi connectivity index (χ1n) is 7.20. The molecule has 0 spiro atoms. The van der Waals surface area contributed by atoms with Crippen molar-refractivity contribution in [3.8, 4) is 11.5 Å². The summed E-state index contributed by atoms with van der Waals surface area (Å²) in [5.74, 6) is 0.562. The van der Waals surface area contributed by atoms with Crippen molar-refractivity contribution >= 4 is 46.7 Å². The third-order valence-corrected chi connectivity index (χ3v) is 4.53. The van der Waals surface area contributed by atoms with Crippen LogP contribution in [0.4, 0.5) is 5.82 Å². The molecule has 3 aromatic rings. The van der Waals surface area contributed by atoms with Gasteiger partial charge in [-0.05, 0) is 43.3 Å². The average Bonchev–Trinajstić information content (AvgIpc) is 3.06. The fourth-order valence-corrected chi connectivity index (χ4v) is 2.77. The van der Waals surface area contributed by atoms with E-state index in [1.807, 2.05) is 0 Å². The molecule has 25 heavy (non-hydrogen) atoms. The number of rotatable bonds is 5. The van der Waals surface area contributed by atoms with Crippen LogP contribution in [0.15, 0.2) is 52.2 Å². The molecule has 0 unspecified atom stereocenters. The van der Waals surface area contributed by atoms with Gasteiger partial charge >= 0.3 is 0 Å². The number of benzene rings is 1. The largest absolute Gasteiger partial charge is 0.411 e. The maximum Gasteiger partial charge on any atom is 0.277 e. The molecule has 3 rings (SSSR count). The Morgan fingerprint density at radius 3 is 2.52 bits per heavy atom. The summed E-state index contributed by atoms with van der Waals surface area (Å²) in [5, 5.41) is 11.6. The van der Waals surface area contributed by atoms with Crippen molar-refractivity contribution in [2.45, 2.75) is 17.4 Å². The van der Waals surface area contributed by atoms with Gasteiger partial charge < -0.3 is 9.73 Å². The predicted molar refractivity (Wildman–Crippen MR) is 97.9 cm³/mol. The molecule has 6 nitrogen and oxygen atoms in total. The van der Waals surface area contributed by atoms with Gasteiger partial charge in [0.15, 0.2) is 0 Å². The second kappa shape index (κ2) is 7.86. The number of hydrogen-bond acceptors (Lipinski definition) is 6. The van der Waals surface area contributed by atoms with Crippen LogP contribution in [0.2, 0.25) is 10.0 Å². The minimum absolute atomic E-state index is 0.230. The molecule has 0 fully saturated rings. The second-order valence-electron chi connectivity index (χ2n) is 4.99. The van der Waals surface area contributed by atoms with Crippen LogP contribution in [0, 0.1) is 0 Å². The second-order valence-corrected chi connectivity index (χ2v) is 7.16. The zero-order valence-electron chi connectivity index (χ0n) is 12.9. The first kappa shape index (κ1) is 17.7. The van der Waals surface area contributed by atoms with E-state index in [0.717, 1.165) is 17.3 Å². The molecule has 0 radical (unpaired) electrons. The highest BCUT2D eigenvalue weighted by Gasteiger charge is 2.19. The van der Waals surface area contributed by atoms with E-state index in [1.165, 1.54) is 6.20 Å². The number of pyridine rings is 1. The number of nitrogens with zero attached hydrogens (tertiary/aromatic N) is 3. The number of nitrogens with one attached hydrogen (secondary N) is 1. The monoisotopic (exact) mass is 394 g/mol. The molecule has 1 N–H and O–H groups in total.